The topological polar surface area (TPSA) is 107 Å². The van der Waals surface area contributed by atoms with Crippen LogP contribution in [0.1, 0.15) is 98.0 Å². The highest BCUT2D eigenvalue weighted by Gasteiger charge is 2.64. The minimum Gasteiger partial charge on any atom is -0.460 e. The Kier molecular flexibility index (Phi) is 13.5. The number of nitrogens with zero attached hydrogens (tertiary/aromatic N) is 1. The van der Waals surface area contributed by atoms with Crippen molar-refractivity contribution >= 4 is 23.8 Å². The number of carbonyl (C=O) groups is 1. The molecule has 0 spiro atoms. The first kappa shape index (κ1) is 39.3. The second kappa shape index (κ2) is 18.8. The monoisotopic (exact) mass is 765 g/mol. The average Bonchev–Trinajstić information content (AvgIpc) is 3.73. The largest absolute Gasteiger partial charge is 0.460 e. The molecular formula is C46H55NO7S. The van der Waals surface area contributed by atoms with Crippen LogP contribution in [0.25, 0.3) is 0 Å². The lowest BCUT2D eigenvalue weighted by molar-refractivity contribution is -0.223. The van der Waals surface area contributed by atoms with Gasteiger partial charge in [0.2, 0.25) is 5.79 Å². The van der Waals surface area contributed by atoms with Gasteiger partial charge < -0.3 is 29.3 Å². The molecule has 9 heteroatoms. The van der Waals surface area contributed by atoms with Crippen molar-refractivity contribution in [3.8, 4) is 17.2 Å². The quantitative estimate of drug-likeness (QED) is 0.0538. The number of allylic oxidation sites excluding steroid dienone is 1. The molecule has 0 saturated heterocycles. The van der Waals surface area contributed by atoms with E-state index in [2.05, 4.69) is 30.9 Å². The summed E-state index contributed by atoms with van der Waals surface area (Å²) in [6, 6.07) is 23.4. The zero-order chi connectivity index (χ0) is 38.0. The molecule has 0 unspecified atom stereocenters. The van der Waals surface area contributed by atoms with Gasteiger partial charge in [0.05, 0.1) is 23.5 Å². The number of benzene rings is 3. The molecule has 7 rings (SSSR count). The van der Waals surface area contributed by atoms with Gasteiger partial charge in [0.1, 0.15) is 30.1 Å². The Labute approximate surface area is 330 Å². The normalized spacial score (nSPS) is 26.4. The lowest BCUT2D eigenvalue weighted by Gasteiger charge is -2.58. The second-order valence-electron chi connectivity index (χ2n) is 15.3. The van der Waals surface area contributed by atoms with Crippen molar-refractivity contribution in [3.63, 3.8) is 0 Å². The van der Waals surface area contributed by atoms with Crippen LogP contribution in [0.2, 0.25) is 0 Å². The van der Waals surface area contributed by atoms with Gasteiger partial charge in [-0.2, -0.15) is 0 Å². The Morgan fingerprint density at radius 2 is 1.71 bits per heavy atom. The first-order valence-corrected chi connectivity index (χ1v) is 21.1. The number of thioether (sulfide) groups is 1. The van der Waals surface area contributed by atoms with Crippen molar-refractivity contribution in [3.05, 3.63) is 114 Å². The zero-order valence-corrected chi connectivity index (χ0v) is 32.5. The summed E-state index contributed by atoms with van der Waals surface area (Å²) >= 11 is 2.00. The van der Waals surface area contributed by atoms with E-state index in [4.69, 9.17) is 24.2 Å². The Morgan fingerprint density at radius 1 is 0.927 bits per heavy atom. The van der Waals surface area contributed by atoms with Crippen LogP contribution in [0.4, 0.5) is 0 Å². The van der Waals surface area contributed by atoms with E-state index in [1.165, 1.54) is 25.7 Å². The number of carbonyl (C=O) groups excluding carboxylic acids is 1. The predicted molar refractivity (Wildman–Crippen MR) is 218 cm³/mol. The summed E-state index contributed by atoms with van der Waals surface area (Å²) in [6.45, 7) is 5.09. The first-order valence-electron chi connectivity index (χ1n) is 20.2. The molecule has 0 bridgehead atoms. The van der Waals surface area contributed by atoms with E-state index in [0.29, 0.717) is 41.9 Å². The fraction of sp³-hybridized carbons (Fsp3) is 0.478. The van der Waals surface area contributed by atoms with E-state index in [1.807, 2.05) is 60.3 Å². The highest BCUT2D eigenvalue weighted by Crippen LogP contribution is 2.63. The zero-order valence-electron chi connectivity index (χ0n) is 31.7. The Morgan fingerprint density at radius 3 is 2.47 bits per heavy atom. The summed E-state index contributed by atoms with van der Waals surface area (Å²) in [5.74, 6) is 1.22. The SMILES string of the molecule is C=CCO[C@@]12Oc3ccc(Oc4cccc(C=O)c4)cc3[C@H]3[C@H](CCCCO)[C@@H](CCCCO)C=C(C(=NOCc4ccccc4)C[C@@H]1SC1CCCC1)[C@H]32. The number of aldehydes is 1. The molecule has 6 atom stereocenters. The van der Waals surface area contributed by atoms with E-state index in [9.17, 15) is 15.0 Å². The number of unbranched alkanes of at least 4 members (excludes halogenated alkanes) is 2. The number of hydrogen-bond donors (Lipinski definition) is 2. The van der Waals surface area contributed by atoms with Crippen LogP contribution in [-0.4, -0.2) is 58.3 Å². The molecule has 2 saturated carbocycles. The van der Waals surface area contributed by atoms with Crippen molar-refractivity contribution in [1.29, 1.82) is 0 Å². The third-order valence-corrected chi connectivity index (χ3v) is 13.4. The van der Waals surface area contributed by atoms with Crippen molar-refractivity contribution in [2.24, 2.45) is 22.9 Å². The summed E-state index contributed by atoms with van der Waals surface area (Å²) in [5, 5.41) is 25.2. The summed E-state index contributed by atoms with van der Waals surface area (Å²) in [4.78, 5) is 17.8. The average molecular weight is 766 g/mol. The third kappa shape index (κ3) is 8.91. The molecule has 55 heavy (non-hydrogen) atoms. The Hall–Kier alpha value is -3.89. The van der Waals surface area contributed by atoms with Crippen LogP contribution in [0.3, 0.4) is 0 Å². The number of rotatable bonds is 19. The van der Waals surface area contributed by atoms with Crippen LogP contribution < -0.4 is 9.47 Å². The van der Waals surface area contributed by atoms with E-state index in [1.54, 1.807) is 12.1 Å². The molecule has 0 amide bonds. The van der Waals surface area contributed by atoms with Gasteiger partial charge in [-0.05, 0) is 91.8 Å². The van der Waals surface area contributed by atoms with Gasteiger partial charge in [-0.25, -0.2) is 0 Å². The molecule has 3 aromatic rings. The van der Waals surface area contributed by atoms with E-state index < -0.39 is 5.79 Å². The molecule has 2 fully saturated rings. The fourth-order valence-electron chi connectivity index (χ4n) is 9.31. The van der Waals surface area contributed by atoms with E-state index in [-0.39, 0.29) is 42.1 Å². The van der Waals surface area contributed by atoms with Gasteiger partial charge in [0, 0.05) is 41.9 Å². The van der Waals surface area contributed by atoms with Gasteiger partial charge in [0.25, 0.3) is 0 Å². The standard InChI is InChI=1S/C46H55NO7S/c1-2-25-51-46-43(55-37-18-6-7-19-37)29-41(47-52-31-32-13-4-3-5-14-32)39-27-34(16-8-10-23-48)38(20-9-11-24-49)44(45(39)46)40-28-36(21-22-42(40)54-46)53-35-17-12-15-33(26-35)30-50/h2-5,12-15,17,21-22,26-28,30,34,37-38,43-45,48-49H,1,6-11,16,18-20,23-25,29,31H2/t34-,38+,43-,44+,45+,46+/m0/s1. The lowest BCUT2D eigenvalue weighted by atomic mass is 9.56. The molecular weight excluding hydrogens is 711 g/mol. The number of hydrogen-bond acceptors (Lipinski definition) is 9. The van der Waals surface area contributed by atoms with Gasteiger partial charge in [-0.1, -0.05) is 85.5 Å². The molecule has 4 aliphatic rings. The van der Waals surface area contributed by atoms with Crippen molar-refractivity contribution in [1.82, 2.24) is 0 Å². The van der Waals surface area contributed by atoms with Gasteiger partial charge >= 0.3 is 0 Å². The Bertz CT molecular complexity index is 1810. The maximum atomic E-state index is 11.6. The molecule has 3 aromatic carbocycles. The smallest absolute Gasteiger partial charge is 0.230 e. The predicted octanol–water partition coefficient (Wildman–Crippen LogP) is 9.80. The fourth-order valence-corrected chi connectivity index (χ4v) is 11.1. The molecule has 8 nitrogen and oxygen atoms in total. The van der Waals surface area contributed by atoms with Crippen molar-refractivity contribution in [2.75, 3.05) is 19.8 Å². The molecule has 292 valence electrons. The number of aliphatic hydroxyl groups excluding tert-OH is 2. The van der Waals surface area contributed by atoms with Crippen LogP contribution in [-0.2, 0) is 16.2 Å². The molecule has 2 N–H and O–H groups in total. The van der Waals surface area contributed by atoms with Crippen LogP contribution in [0, 0.1) is 17.8 Å². The number of aliphatic hydroxyl groups is 2. The maximum Gasteiger partial charge on any atom is 0.230 e. The van der Waals surface area contributed by atoms with E-state index >= 15 is 0 Å². The molecule has 1 heterocycles. The van der Waals surface area contributed by atoms with Crippen LogP contribution in [0.5, 0.6) is 17.2 Å². The summed E-state index contributed by atoms with van der Waals surface area (Å²) in [6.07, 6.45) is 15.6. The van der Waals surface area contributed by atoms with Gasteiger partial charge in [0.15, 0.2) is 0 Å². The number of oxime groups is 1. The highest BCUT2D eigenvalue weighted by atomic mass is 32.2. The minimum absolute atomic E-state index is 0.0254. The molecule has 0 radical (unpaired) electrons. The van der Waals surface area contributed by atoms with Crippen molar-refractivity contribution < 1.29 is 34.1 Å². The number of ether oxygens (including phenoxy) is 3. The van der Waals surface area contributed by atoms with Crippen LogP contribution in [0.15, 0.2) is 102 Å². The van der Waals surface area contributed by atoms with Crippen molar-refractivity contribution in [2.45, 2.75) is 99.4 Å². The summed E-state index contributed by atoms with van der Waals surface area (Å²) in [7, 11) is 0. The number of fused-ring (bicyclic) bond motifs is 2. The molecule has 1 aliphatic heterocycles. The van der Waals surface area contributed by atoms with Gasteiger partial charge in [-0.15, -0.1) is 18.3 Å². The molecule has 3 aliphatic carbocycles. The van der Waals surface area contributed by atoms with Crippen LogP contribution >= 0.6 is 11.8 Å². The minimum atomic E-state index is -0.991. The highest BCUT2D eigenvalue weighted by molar-refractivity contribution is 8.00. The summed E-state index contributed by atoms with van der Waals surface area (Å²) in [5.41, 5.74) is 4.74. The van der Waals surface area contributed by atoms with Gasteiger partial charge in [-0.3, -0.25) is 4.79 Å². The maximum absolute atomic E-state index is 11.6. The lowest BCUT2D eigenvalue weighted by Crippen LogP contribution is -2.64. The summed E-state index contributed by atoms with van der Waals surface area (Å²) < 4.78 is 20.9. The Balaban J connectivity index is 1.38. The molecule has 0 aromatic heterocycles. The van der Waals surface area contributed by atoms with E-state index in [0.717, 1.165) is 73.0 Å². The third-order valence-electron chi connectivity index (χ3n) is 11.8. The first-order chi connectivity index (χ1) is 27.1. The second-order valence-corrected chi connectivity index (χ2v) is 16.8.